The highest BCUT2D eigenvalue weighted by molar-refractivity contribution is 7.22. The van der Waals surface area contributed by atoms with Gasteiger partial charge in [-0.3, -0.25) is 19.9 Å². The number of anilines is 2. The van der Waals surface area contributed by atoms with Crippen molar-refractivity contribution in [1.82, 2.24) is 9.97 Å². The molecule has 144 valence electrons. The molecular formula is C21H16N4O3S. The number of amides is 2. The number of nitrogens with one attached hydrogen (secondary N) is 2. The van der Waals surface area contributed by atoms with E-state index in [4.69, 9.17) is 4.74 Å². The molecule has 7 nitrogen and oxygen atoms in total. The van der Waals surface area contributed by atoms with Gasteiger partial charge in [-0.1, -0.05) is 23.5 Å². The van der Waals surface area contributed by atoms with Crippen molar-refractivity contribution in [1.29, 1.82) is 0 Å². The Bertz CT molecular complexity index is 1190. The van der Waals surface area contributed by atoms with E-state index < -0.39 is 0 Å². The van der Waals surface area contributed by atoms with Crippen LogP contribution in [-0.2, 0) is 0 Å². The van der Waals surface area contributed by atoms with E-state index in [9.17, 15) is 9.59 Å². The number of nitrogens with zero attached hydrogens (tertiary/aromatic N) is 2. The Morgan fingerprint density at radius 3 is 2.55 bits per heavy atom. The smallest absolute Gasteiger partial charge is 0.259 e. The van der Waals surface area contributed by atoms with Crippen molar-refractivity contribution in [2.45, 2.75) is 0 Å². The summed E-state index contributed by atoms with van der Waals surface area (Å²) in [6.07, 6.45) is 3.07. The molecule has 2 aromatic heterocycles. The highest BCUT2D eigenvalue weighted by Crippen LogP contribution is 2.29. The molecule has 0 saturated heterocycles. The lowest BCUT2D eigenvalue weighted by Gasteiger charge is -2.10. The van der Waals surface area contributed by atoms with Gasteiger partial charge in [-0.2, -0.15) is 0 Å². The summed E-state index contributed by atoms with van der Waals surface area (Å²) in [5, 5.41) is 6.05. The molecule has 2 aromatic carbocycles. The van der Waals surface area contributed by atoms with E-state index in [-0.39, 0.29) is 11.8 Å². The molecule has 0 saturated carbocycles. The number of fused-ring (bicyclic) bond motifs is 1. The number of ether oxygens (including phenoxy) is 1. The minimum atomic E-state index is -0.360. The van der Waals surface area contributed by atoms with Gasteiger partial charge >= 0.3 is 0 Å². The number of hydrogen-bond acceptors (Lipinski definition) is 6. The Labute approximate surface area is 170 Å². The van der Waals surface area contributed by atoms with Crippen LogP contribution in [0.25, 0.3) is 10.2 Å². The van der Waals surface area contributed by atoms with Crippen molar-refractivity contribution < 1.29 is 14.3 Å². The first-order valence-corrected chi connectivity index (χ1v) is 9.52. The molecule has 29 heavy (non-hydrogen) atoms. The second-order valence-electron chi connectivity index (χ2n) is 6.04. The third-order valence-electron chi connectivity index (χ3n) is 4.18. The van der Waals surface area contributed by atoms with E-state index in [2.05, 4.69) is 20.6 Å². The topological polar surface area (TPSA) is 93.2 Å². The molecule has 4 rings (SSSR count). The lowest BCUT2D eigenvalue weighted by atomic mass is 10.1. The molecule has 0 atom stereocenters. The monoisotopic (exact) mass is 404 g/mol. The van der Waals surface area contributed by atoms with Gasteiger partial charge in [-0.15, -0.1) is 0 Å². The Balaban J connectivity index is 1.55. The quantitative estimate of drug-likeness (QED) is 0.520. The molecular weight excluding hydrogens is 388 g/mol. The fourth-order valence-corrected chi connectivity index (χ4v) is 3.63. The van der Waals surface area contributed by atoms with Gasteiger partial charge in [0.25, 0.3) is 11.8 Å². The summed E-state index contributed by atoms with van der Waals surface area (Å²) < 4.78 is 6.12. The Kier molecular flexibility index (Phi) is 5.17. The third kappa shape index (κ3) is 4.07. The fourth-order valence-electron chi connectivity index (χ4n) is 2.74. The zero-order chi connectivity index (χ0) is 20.2. The minimum Gasteiger partial charge on any atom is -0.497 e. The third-order valence-corrected chi connectivity index (χ3v) is 5.11. The van der Waals surface area contributed by atoms with Gasteiger partial charge in [-0.25, -0.2) is 4.98 Å². The van der Waals surface area contributed by atoms with Crippen LogP contribution in [0.1, 0.15) is 20.7 Å². The number of methoxy groups -OCH3 is 1. The first kappa shape index (κ1) is 18.6. The van der Waals surface area contributed by atoms with Crippen LogP contribution < -0.4 is 15.4 Å². The first-order chi connectivity index (χ1) is 14.1. The Morgan fingerprint density at radius 2 is 1.76 bits per heavy atom. The van der Waals surface area contributed by atoms with Crippen molar-refractivity contribution >= 4 is 44.2 Å². The van der Waals surface area contributed by atoms with E-state index >= 15 is 0 Å². The van der Waals surface area contributed by atoms with Crippen LogP contribution in [-0.4, -0.2) is 28.9 Å². The van der Waals surface area contributed by atoms with Crippen molar-refractivity contribution in [3.63, 3.8) is 0 Å². The van der Waals surface area contributed by atoms with Gasteiger partial charge in [0.1, 0.15) is 5.75 Å². The molecule has 4 aromatic rings. The molecule has 0 radical (unpaired) electrons. The maximum atomic E-state index is 12.8. The minimum absolute atomic E-state index is 0.320. The lowest BCUT2D eigenvalue weighted by Crippen LogP contribution is -2.18. The Morgan fingerprint density at radius 1 is 0.966 bits per heavy atom. The molecule has 2 amide bonds. The number of para-hydroxylation sites is 1. The highest BCUT2D eigenvalue weighted by atomic mass is 32.1. The van der Waals surface area contributed by atoms with Crippen LogP contribution in [0.5, 0.6) is 5.75 Å². The van der Waals surface area contributed by atoms with Gasteiger partial charge in [0.15, 0.2) is 5.13 Å². The van der Waals surface area contributed by atoms with Crippen LogP contribution >= 0.6 is 11.3 Å². The molecule has 2 N–H and O–H groups in total. The molecule has 0 aliphatic rings. The average Bonchev–Trinajstić information content (AvgIpc) is 3.15. The number of aromatic nitrogens is 2. The summed E-state index contributed by atoms with van der Waals surface area (Å²) in [7, 11) is 1.60. The fraction of sp³-hybridized carbons (Fsp3) is 0.0476. The predicted molar refractivity (Wildman–Crippen MR) is 113 cm³/mol. The van der Waals surface area contributed by atoms with Gasteiger partial charge in [0, 0.05) is 18.0 Å². The molecule has 0 unspecified atom stereocenters. The van der Waals surface area contributed by atoms with Gasteiger partial charge in [0.05, 0.1) is 28.6 Å². The first-order valence-electron chi connectivity index (χ1n) is 8.70. The van der Waals surface area contributed by atoms with Crippen LogP contribution in [0, 0.1) is 0 Å². The maximum absolute atomic E-state index is 12.8. The molecule has 0 aliphatic heterocycles. The zero-order valence-corrected chi connectivity index (χ0v) is 16.2. The molecule has 0 fully saturated rings. The molecule has 0 spiro atoms. The van der Waals surface area contributed by atoms with E-state index in [1.54, 1.807) is 43.5 Å². The van der Waals surface area contributed by atoms with Crippen LogP contribution in [0.3, 0.4) is 0 Å². The van der Waals surface area contributed by atoms with Crippen molar-refractivity contribution in [3.05, 3.63) is 78.1 Å². The lowest BCUT2D eigenvalue weighted by molar-refractivity contribution is 0.102. The SMILES string of the molecule is COc1ccc2nc(NC(=O)c3ccccc3NC(=O)c3ccncc3)sc2c1. The number of hydrogen-bond donors (Lipinski definition) is 2. The number of benzene rings is 2. The normalized spacial score (nSPS) is 10.5. The Hall–Kier alpha value is -3.78. The largest absolute Gasteiger partial charge is 0.497 e. The standard InChI is InChI=1S/C21H16N4O3S/c1-28-14-6-7-17-18(12-14)29-21(24-17)25-20(27)15-4-2-3-5-16(15)23-19(26)13-8-10-22-11-9-13/h2-12H,1H3,(H,23,26)(H,24,25,27). The molecule has 8 heteroatoms. The molecule has 2 heterocycles. The van der Waals surface area contributed by atoms with Crippen LogP contribution in [0.4, 0.5) is 10.8 Å². The number of carbonyl (C=O) groups excluding carboxylic acids is 2. The summed E-state index contributed by atoms with van der Waals surface area (Å²) >= 11 is 1.35. The number of thiazole rings is 1. The highest BCUT2D eigenvalue weighted by Gasteiger charge is 2.16. The van der Waals surface area contributed by atoms with E-state index in [0.717, 1.165) is 16.0 Å². The van der Waals surface area contributed by atoms with Gasteiger partial charge < -0.3 is 10.1 Å². The molecule has 0 aliphatic carbocycles. The van der Waals surface area contributed by atoms with E-state index in [1.165, 1.54) is 23.7 Å². The number of rotatable bonds is 5. The second-order valence-corrected chi connectivity index (χ2v) is 7.07. The number of carbonyl (C=O) groups is 2. The number of pyridine rings is 1. The van der Waals surface area contributed by atoms with Crippen LogP contribution in [0.2, 0.25) is 0 Å². The zero-order valence-electron chi connectivity index (χ0n) is 15.4. The van der Waals surface area contributed by atoms with Gasteiger partial charge in [-0.05, 0) is 42.5 Å². The van der Waals surface area contributed by atoms with E-state index in [1.807, 2.05) is 18.2 Å². The van der Waals surface area contributed by atoms with Crippen LogP contribution in [0.15, 0.2) is 67.0 Å². The maximum Gasteiger partial charge on any atom is 0.259 e. The predicted octanol–water partition coefficient (Wildman–Crippen LogP) is 4.20. The summed E-state index contributed by atoms with van der Waals surface area (Å²) in [6, 6.07) is 15.5. The summed E-state index contributed by atoms with van der Waals surface area (Å²) in [5.74, 6) is 0.0459. The molecule has 0 bridgehead atoms. The average molecular weight is 404 g/mol. The van der Waals surface area contributed by atoms with E-state index in [0.29, 0.717) is 21.9 Å². The van der Waals surface area contributed by atoms with Gasteiger partial charge in [0.2, 0.25) is 0 Å². The second kappa shape index (κ2) is 8.07. The van der Waals surface area contributed by atoms with Crippen molar-refractivity contribution in [2.24, 2.45) is 0 Å². The van der Waals surface area contributed by atoms with Crippen molar-refractivity contribution in [2.75, 3.05) is 17.7 Å². The summed E-state index contributed by atoms with van der Waals surface area (Å²) in [6.45, 7) is 0. The summed E-state index contributed by atoms with van der Waals surface area (Å²) in [4.78, 5) is 33.6. The summed E-state index contributed by atoms with van der Waals surface area (Å²) in [5.41, 5.74) is 1.97. The van der Waals surface area contributed by atoms with Crippen molar-refractivity contribution in [3.8, 4) is 5.75 Å².